The van der Waals surface area contributed by atoms with Crippen LogP contribution in [-0.2, 0) is 26.4 Å². The second kappa shape index (κ2) is 18.9. The number of carbonyl (C=O) groups is 3. The molecule has 67 heavy (non-hydrogen) atoms. The lowest BCUT2D eigenvalue weighted by Crippen LogP contribution is -2.33. The molecular weight excluding hydrogens is 889 g/mol. The van der Waals surface area contributed by atoms with Crippen LogP contribution < -0.4 is 20.7 Å². The molecule has 7 N–H and O–H groups in total. The number of unbranched alkanes of at least 4 members (excludes halogenated alkanes) is 2. The van der Waals surface area contributed by atoms with Crippen LogP contribution in [0.1, 0.15) is 74.9 Å². The van der Waals surface area contributed by atoms with Crippen molar-refractivity contribution >= 4 is 52.2 Å². The zero-order valence-electron chi connectivity index (χ0n) is 35.5. The van der Waals surface area contributed by atoms with Crippen molar-refractivity contribution in [3.8, 4) is 23.0 Å². The Bertz CT molecular complexity index is 2830. The van der Waals surface area contributed by atoms with E-state index in [1.54, 1.807) is 41.0 Å². The summed E-state index contributed by atoms with van der Waals surface area (Å²) in [5.74, 6) is 0.588. The molecule has 4 unspecified atom stereocenters. The van der Waals surface area contributed by atoms with E-state index < -0.39 is 41.0 Å². The molecule has 0 radical (unpaired) electrons. The summed E-state index contributed by atoms with van der Waals surface area (Å²) < 4.78 is 19.7. The van der Waals surface area contributed by atoms with Crippen molar-refractivity contribution in [1.29, 1.82) is 0 Å². The molecule has 4 aromatic carbocycles. The maximum absolute atomic E-state index is 13.4. The summed E-state index contributed by atoms with van der Waals surface area (Å²) in [6, 6.07) is 19.9. The smallest absolute Gasteiger partial charge is 0.340 e. The lowest BCUT2D eigenvalue weighted by molar-refractivity contribution is -0.384. The highest BCUT2D eigenvalue weighted by Gasteiger charge is 2.54. The zero-order chi connectivity index (χ0) is 46.8. The number of amides is 2. The van der Waals surface area contributed by atoms with Crippen LogP contribution in [0, 0.1) is 10.1 Å². The highest BCUT2D eigenvalue weighted by atomic mass is 32.2. The maximum atomic E-state index is 13.4. The van der Waals surface area contributed by atoms with E-state index in [9.17, 15) is 44.9 Å². The van der Waals surface area contributed by atoms with Gasteiger partial charge in [0.05, 0.1) is 22.9 Å². The number of nitrogens with one attached hydrogen (secondary N) is 3. The monoisotopic (exact) mass is 932 g/mol. The summed E-state index contributed by atoms with van der Waals surface area (Å²) in [6.45, 7) is 1.06. The molecule has 346 valence electrons. The van der Waals surface area contributed by atoms with Gasteiger partial charge in [0, 0.05) is 84.1 Å². The fourth-order valence-corrected chi connectivity index (χ4v) is 9.40. The lowest BCUT2D eigenvalue weighted by Gasteiger charge is -2.36. The molecule has 1 fully saturated rings. The molecule has 2 amide bonds. The van der Waals surface area contributed by atoms with Crippen LogP contribution in [0.25, 0.3) is 11.2 Å². The van der Waals surface area contributed by atoms with Crippen molar-refractivity contribution in [2.75, 3.05) is 29.9 Å². The van der Waals surface area contributed by atoms with Gasteiger partial charge in [-0.1, -0.05) is 24.6 Å². The van der Waals surface area contributed by atoms with Crippen LogP contribution in [0.4, 0.5) is 11.5 Å². The lowest BCUT2D eigenvalue weighted by atomic mass is 9.77. The van der Waals surface area contributed by atoms with Crippen molar-refractivity contribution in [2.24, 2.45) is 0 Å². The van der Waals surface area contributed by atoms with E-state index in [0.717, 1.165) is 5.56 Å². The van der Waals surface area contributed by atoms with Crippen molar-refractivity contribution in [1.82, 2.24) is 30.2 Å². The van der Waals surface area contributed by atoms with Crippen molar-refractivity contribution in [3.05, 3.63) is 135 Å². The first kappa shape index (κ1) is 44.9. The third kappa shape index (κ3) is 8.88. The Morgan fingerprint density at radius 2 is 1.58 bits per heavy atom. The van der Waals surface area contributed by atoms with Crippen molar-refractivity contribution in [2.45, 2.75) is 62.4 Å². The molecule has 1 spiro atoms. The topological polar surface area (TPSA) is 283 Å². The van der Waals surface area contributed by atoms with Crippen LogP contribution >= 0.6 is 11.8 Å². The third-order valence-electron chi connectivity index (χ3n) is 11.8. The van der Waals surface area contributed by atoms with E-state index in [4.69, 9.17) is 14.2 Å². The van der Waals surface area contributed by atoms with Gasteiger partial charge in [-0.3, -0.25) is 24.3 Å². The number of carbonyl (C=O) groups excluding carboxylic acids is 3. The Hall–Kier alpha value is -7.33. The number of nitro benzene ring substituents is 1. The number of hydrogen-bond donors (Lipinski definition) is 7. The zero-order valence-corrected chi connectivity index (χ0v) is 36.3. The van der Waals surface area contributed by atoms with Crippen LogP contribution in [0.2, 0.25) is 0 Å². The second-order valence-corrected chi connectivity index (χ2v) is 17.3. The number of phenolic OH excluding ortho intramolecular Hbond substituents is 2. The first-order valence-electron chi connectivity index (χ1n) is 21.4. The predicted molar refractivity (Wildman–Crippen MR) is 241 cm³/mol. The average molecular weight is 933 g/mol. The van der Waals surface area contributed by atoms with E-state index in [-0.39, 0.29) is 51.6 Å². The van der Waals surface area contributed by atoms with Gasteiger partial charge < -0.3 is 50.6 Å². The minimum atomic E-state index is -1.43. The molecule has 20 nitrogen and oxygen atoms in total. The molecular formula is C46H44N8O12S. The van der Waals surface area contributed by atoms with Gasteiger partial charge >= 0.3 is 5.97 Å². The van der Waals surface area contributed by atoms with Gasteiger partial charge in [-0.05, 0) is 54.8 Å². The number of aliphatic hydroxyl groups is 2. The Labute approximate surface area is 385 Å². The molecule has 0 bridgehead atoms. The first-order chi connectivity index (χ1) is 32.4. The minimum Gasteiger partial charge on any atom is -0.508 e. The van der Waals surface area contributed by atoms with Gasteiger partial charge in [0.1, 0.15) is 41.5 Å². The van der Waals surface area contributed by atoms with Crippen LogP contribution in [0.3, 0.4) is 0 Å². The molecule has 6 aromatic rings. The Balaban J connectivity index is 0.687. The van der Waals surface area contributed by atoms with Gasteiger partial charge in [0.15, 0.2) is 28.8 Å². The third-order valence-corrected chi connectivity index (χ3v) is 12.9. The van der Waals surface area contributed by atoms with Crippen molar-refractivity contribution < 1.29 is 53.9 Å². The van der Waals surface area contributed by atoms with E-state index in [1.165, 1.54) is 66.9 Å². The van der Waals surface area contributed by atoms with Crippen LogP contribution in [0.5, 0.6) is 23.0 Å². The number of rotatable bonds is 17. The number of hydrogen-bond acceptors (Lipinski definition) is 17. The van der Waals surface area contributed by atoms with Gasteiger partial charge in [-0.15, -0.1) is 0 Å². The summed E-state index contributed by atoms with van der Waals surface area (Å²) in [4.78, 5) is 62.6. The highest BCUT2D eigenvalue weighted by Crippen LogP contribution is 2.57. The molecule has 9 rings (SSSR count). The number of nitrogens with zero attached hydrogens (tertiary/aromatic N) is 5. The molecule has 21 heteroatoms. The average Bonchev–Trinajstić information content (AvgIpc) is 3.97. The number of aliphatic hydroxyl groups excluding tert-OH is 2. The van der Waals surface area contributed by atoms with Gasteiger partial charge in [-0.25, -0.2) is 19.7 Å². The van der Waals surface area contributed by atoms with E-state index >= 15 is 0 Å². The van der Waals surface area contributed by atoms with Crippen LogP contribution in [-0.4, -0.2) is 106 Å². The number of ether oxygens (including phenoxy) is 3. The molecule has 3 aliphatic rings. The largest absolute Gasteiger partial charge is 0.508 e. The summed E-state index contributed by atoms with van der Waals surface area (Å²) in [6.07, 6.45) is 0.911. The number of non-ortho nitro benzene ring substituents is 1. The number of anilines is 1. The first-order valence-corrected chi connectivity index (χ1v) is 22.6. The summed E-state index contributed by atoms with van der Waals surface area (Å²) in [7, 11) is 0. The van der Waals surface area contributed by atoms with E-state index in [1.807, 2.05) is 0 Å². The fourth-order valence-electron chi connectivity index (χ4n) is 8.47. The number of imidazole rings is 1. The number of aromatic nitrogens is 4. The molecule has 3 aliphatic heterocycles. The van der Waals surface area contributed by atoms with Crippen LogP contribution in [0.15, 0.2) is 91.5 Å². The normalized spacial score (nSPS) is 18.7. The van der Waals surface area contributed by atoms with E-state index in [0.29, 0.717) is 90.5 Å². The van der Waals surface area contributed by atoms with Gasteiger partial charge in [0.25, 0.3) is 11.6 Å². The Kier molecular flexibility index (Phi) is 12.6. The number of phenols is 2. The Morgan fingerprint density at radius 1 is 0.851 bits per heavy atom. The standard InChI is InChI=1S/C46H44N8O12S/c55-28-10-13-32-34(19-28)64-35-20-29(56)11-14-33(35)46(32)31-12-7-26(18-30(31)45(61)66-46)43(60)48-15-3-1-2-4-37(57)47-16-17-67-22-36-39(58)40(59)44(65-36)53-24-52-38-41(50-23-51-42(38)53)49-21-25-5-8-27(9-6-25)54(62)63/h5-14,18-20,23-24,36,39-40,44,55-56,58-59H,1-4,15-17,21-22H2,(H,47,57)(H,48,60)(H,49,50,51). The second-order valence-electron chi connectivity index (χ2n) is 16.2. The quantitative estimate of drug-likeness (QED) is 0.0280. The van der Waals surface area contributed by atoms with Crippen molar-refractivity contribution in [3.63, 3.8) is 0 Å². The summed E-state index contributed by atoms with van der Waals surface area (Å²) in [5, 5.41) is 62.0. The minimum absolute atomic E-state index is 0.0117. The van der Waals surface area contributed by atoms with Gasteiger partial charge in [-0.2, -0.15) is 11.8 Å². The number of benzene rings is 4. The number of fused-ring (bicyclic) bond motifs is 7. The molecule has 2 aromatic heterocycles. The molecule has 4 atom stereocenters. The predicted octanol–water partition coefficient (Wildman–Crippen LogP) is 4.78. The number of aromatic hydroxyl groups is 2. The van der Waals surface area contributed by atoms with Gasteiger partial charge in [0.2, 0.25) is 5.91 Å². The number of thioether (sulfide) groups is 1. The summed E-state index contributed by atoms with van der Waals surface area (Å²) in [5.41, 5.74) is 2.06. The van der Waals surface area contributed by atoms with E-state index in [2.05, 4.69) is 30.9 Å². The highest BCUT2D eigenvalue weighted by molar-refractivity contribution is 7.99. The summed E-state index contributed by atoms with van der Waals surface area (Å²) >= 11 is 1.46. The fraction of sp³-hybridized carbons (Fsp3) is 0.304. The molecule has 0 saturated carbocycles. The maximum Gasteiger partial charge on any atom is 0.340 e. The number of esters is 1. The molecule has 0 aliphatic carbocycles. The molecule has 5 heterocycles. The number of nitro groups is 1. The Morgan fingerprint density at radius 3 is 2.31 bits per heavy atom. The SMILES string of the molecule is O=C(CCCCCNC(=O)c1ccc2c(c1)C(=O)OC21c2ccc(O)cc2Oc2cc(O)ccc21)NCCSCC1OC(n2cnc3c(NCc4ccc([N+](=O)[O-])cc4)ncnc32)C(O)C1O. The molecule has 1 saturated heterocycles.